The van der Waals surface area contributed by atoms with E-state index in [4.69, 9.17) is 23.6 Å². The van der Waals surface area contributed by atoms with Gasteiger partial charge in [-0.15, -0.1) is 0 Å². The number of anilines is 1. The number of aromatic nitrogens is 2. The number of para-hydroxylation sites is 2. The normalized spacial score (nSPS) is 14.4. The van der Waals surface area contributed by atoms with Crippen molar-refractivity contribution in [1.29, 1.82) is 0 Å². The molecule has 1 unspecified atom stereocenters. The van der Waals surface area contributed by atoms with Crippen LogP contribution in [0.3, 0.4) is 0 Å². The largest absolute Gasteiger partial charge is 0.493 e. The smallest absolute Gasteiger partial charge is 0.253 e. The van der Waals surface area contributed by atoms with E-state index in [1.807, 2.05) is 24.3 Å². The van der Waals surface area contributed by atoms with E-state index in [2.05, 4.69) is 20.4 Å². The minimum atomic E-state index is -0.908. The Morgan fingerprint density at radius 2 is 1.72 bits per heavy atom. The molecule has 6 rings (SSSR count). The van der Waals surface area contributed by atoms with Crippen LogP contribution in [0.15, 0.2) is 77.6 Å². The third-order valence-corrected chi connectivity index (χ3v) is 9.39. The summed E-state index contributed by atoms with van der Waals surface area (Å²) in [6, 6.07) is 17.4. The average molecular weight is 688 g/mol. The quantitative estimate of drug-likeness (QED) is 0.140. The van der Waals surface area contributed by atoms with Crippen LogP contribution in [0.2, 0.25) is 0 Å². The monoisotopic (exact) mass is 687 g/mol. The fourth-order valence-electron chi connectivity index (χ4n) is 6.73. The second kappa shape index (κ2) is 15.6. The zero-order valence-electron chi connectivity index (χ0n) is 28.9. The van der Waals surface area contributed by atoms with E-state index in [-0.39, 0.29) is 11.8 Å². The minimum absolute atomic E-state index is 0.250. The van der Waals surface area contributed by atoms with Gasteiger partial charge >= 0.3 is 0 Å². The number of carbonyl (C=O) groups excluding carboxylic acids is 1. The Kier molecular flexibility index (Phi) is 10.9. The van der Waals surface area contributed by atoms with Gasteiger partial charge in [-0.3, -0.25) is 4.79 Å². The molecule has 1 atom stereocenters. The SMILES string of the molecule is COc1cc(C(=O)N(C)CC(CCN2CCCN(c3nc4ccccc4n3Cc3ccoc3)CC2)c2ccc(F)c(F)c2)cc(OC)c1OC. The van der Waals surface area contributed by atoms with Gasteiger partial charge < -0.3 is 37.9 Å². The van der Waals surface area contributed by atoms with Crippen LogP contribution >= 0.6 is 0 Å². The molecule has 1 aliphatic rings. The van der Waals surface area contributed by atoms with Crippen LogP contribution in [-0.4, -0.2) is 92.9 Å². The number of hydrogen-bond acceptors (Lipinski definition) is 8. The Labute approximate surface area is 290 Å². The molecule has 0 N–H and O–H groups in total. The number of rotatable bonds is 13. The van der Waals surface area contributed by atoms with Gasteiger partial charge in [0.15, 0.2) is 23.1 Å². The lowest BCUT2D eigenvalue weighted by Crippen LogP contribution is -2.35. The number of imidazole rings is 1. The lowest BCUT2D eigenvalue weighted by atomic mass is 9.94. The third kappa shape index (κ3) is 7.55. The summed E-state index contributed by atoms with van der Waals surface area (Å²) in [5.74, 6) is -0.266. The number of hydrogen-bond donors (Lipinski definition) is 0. The summed E-state index contributed by atoms with van der Waals surface area (Å²) in [6.07, 6.45) is 5.02. The van der Waals surface area contributed by atoms with Crippen LogP contribution < -0.4 is 19.1 Å². The number of nitrogens with zero attached hydrogens (tertiary/aromatic N) is 5. The molecule has 0 aliphatic carbocycles. The fraction of sp³-hybridized carbons (Fsp3) is 0.368. The summed E-state index contributed by atoms with van der Waals surface area (Å²) in [6.45, 7) is 4.98. The van der Waals surface area contributed by atoms with Crippen molar-refractivity contribution in [2.75, 3.05) is 72.5 Å². The van der Waals surface area contributed by atoms with Crippen LogP contribution in [0.4, 0.5) is 14.7 Å². The minimum Gasteiger partial charge on any atom is -0.493 e. The van der Waals surface area contributed by atoms with Crippen LogP contribution in [0.25, 0.3) is 11.0 Å². The van der Waals surface area contributed by atoms with Gasteiger partial charge in [-0.25, -0.2) is 13.8 Å². The van der Waals surface area contributed by atoms with Crippen molar-refractivity contribution in [2.45, 2.75) is 25.3 Å². The van der Waals surface area contributed by atoms with E-state index in [0.29, 0.717) is 47.9 Å². The first-order chi connectivity index (χ1) is 24.3. The number of benzene rings is 3. The second-order valence-electron chi connectivity index (χ2n) is 12.6. The molecule has 1 fully saturated rings. The highest BCUT2D eigenvalue weighted by Crippen LogP contribution is 2.38. The Balaban J connectivity index is 1.17. The molecule has 10 nitrogen and oxygen atoms in total. The summed E-state index contributed by atoms with van der Waals surface area (Å²) < 4.78 is 52.4. The van der Waals surface area contributed by atoms with Crippen LogP contribution in [-0.2, 0) is 6.54 Å². The van der Waals surface area contributed by atoms with Gasteiger partial charge in [0.25, 0.3) is 5.91 Å². The predicted octanol–water partition coefficient (Wildman–Crippen LogP) is 6.44. The summed E-state index contributed by atoms with van der Waals surface area (Å²) >= 11 is 0. The molecule has 1 saturated heterocycles. The molecule has 1 aliphatic heterocycles. The molecule has 264 valence electrons. The summed E-state index contributed by atoms with van der Waals surface area (Å²) in [7, 11) is 6.20. The Morgan fingerprint density at radius 1 is 0.940 bits per heavy atom. The van der Waals surface area contributed by atoms with Crippen LogP contribution in [0.1, 0.15) is 40.2 Å². The van der Waals surface area contributed by atoms with Crippen molar-refractivity contribution in [3.8, 4) is 17.2 Å². The maximum absolute atomic E-state index is 14.5. The zero-order valence-corrected chi connectivity index (χ0v) is 28.9. The molecule has 0 saturated carbocycles. The third-order valence-electron chi connectivity index (χ3n) is 9.39. The Bertz CT molecular complexity index is 1890. The van der Waals surface area contributed by atoms with E-state index in [1.54, 1.807) is 42.7 Å². The van der Waals surface area contributed by atoms with E-state index in [9.17, 15) is 13.6 Å². The van der Waals surface area contributed by atoms with Crippen molar-refractivity contribution in [3.05, 3.63) is 102 Å². The average Bonchev–Trinajstić information content (AvgIpc) is 3.72. The summed E-state index contributed by atoms with van der Waals surface area (Å²) in [5, 5.41) is 0. The number of ether oxygens (including phenoxy) is 3. The zero-order chi connectivity index (χ0) is 35.2. The number of furan rings is 1. The fourth-order valence-corrected chi connectivity index (χ4v) is 6.73. The highest BCUT2D eigenvalue weighted by atomic mass is 19.2. The summed E-state index contributed by atoms with van der Waals surface area (Å²) in [4.78, 5) is 25.1. The van der Waals surface area contributed by atoms with E-state index in [1.165, 1.54) is 27.4 Å². The number of likely N-dealkylation sites (N-methyl/N-ethyl adjacent to an activating group) is 1. The molecule has 2 aromatic heterocycles. The van der Waals surface area contributed by atoms with Gasteiger partial charge in [0.05, 0.1) is 51.4 Å². The maximum atomic E-state index is 14.5. The van der Waals surface area contributed by atoms with Gasteiger partial charge in [-0.05, 0) is 74.0 Å². The molecule has 3 aromatic carbocycles. The topological polar surface area (TPSA) is 85.4 Å². The summed E-state index contributed by atoms with van der Waals surface area (Å²) in [5.41, 5.74) is 4.09. The van der Waals surface area contributed by atoms with Crippen molar-refractivity contribution >= 4 is 22.9 Å². The molecule has 0 bridgehead atoms. The van der Waals surface area contributed by atoms with Gasteiger partial charge in [0.1, 0.15) is 0 Å². The highest BCUT2D eigenvalue weighted by molar-refractivity contribution is 5.95. The van der Waals surface area contributed by atoms with Gasteiger partial charge in [-0.2, -0.15) is 0 Å². The van der Waals surface area contributed by atoms with E-state index < -0.39 is 11.6 Å². The number of carbonyl (C=O) groups is 1. The highest BCUT2D eigenvalue weighted by Gasteiger charge is 2.25. The van der Waals surface area contributed by atoms with Gasteiger partial charge in [0.2, 0.25) is 11.7 Å². The molecule has 12 heteroatoms. The number of halogens is 2. The molecule has 3 heterocycles. The van der Waals surface area contributed by atoms with Crippen LogP contribution in [0.5, 0.6) is 17.2 Å². The van der Waals surface area contributed by atoms with Gasteiger partial charge in [0, 0.05) is 50.3 Å². The molecular weight excluding hydrogens is 644 g/mol. The number of amides is 1. The lowest BCUT2D eigenvalue weighted by Gasteiger charge is -2.28. The standard InChI is InChI=1S/C38H43F2N5O5/c1-42(37(46)29-21-34(47-2)36(49-4)35(22-29)48-3)24-28(27-10-11-30(39)31(40)20-27)12-16-43-14-7-15-44(18-17-43)38-41-32-8-5-6-9-33(32)45(38)23-26-13-19-50-25-26/h5-6,8-11,13,19-22,25,28H,7,12,14-18,23-24H2,1-4H3. The molecule has 0 spiro atoms. The molecule has 50 heavy (non-hydrogen) atoms. The maximum Gasteiger partial charge on any atom is 0.253 e. The Morgan fingerprint density at radius 3 is 2.42 bits per heavy atom. The van der Waals surface area contributed by atoms with Crippen molar-refractivity contribution in [2.24, 2.45) is 0 Å². The van der Waals surface area contributed by atoms with E-state index in [0.717, 1.165) is 67.8 Å². The van der Waals surface area contributed by atoms with Crippen molar-refractivity contribution in [3.63, 3.8) is 0 Å². The first-order valence-corrected chi connectivity index (χ1v) is 16.7. The van der Waals surface area contributed by atoms with Crippen molar-refractivity contribution < 1.29 is 32.2 Å². The van der Waals surface area contributed by atoms with Gasteiger partial charge in [-0.1, -0.05) is 18.2 Å². The second-order valence-corrected chi connectivity index (χ2v) is 12.6. The first kappa shape index (κ1) is 34.8. The van der Waals surface area contributed by atoms with Crippen molar-refractivity contribution in [1.82, 2.24) is 19.4 Å². The molecular formula is C38H43F2N5O5. The van der Waals surface area contributed by atoms with Crippen LogP contribution in [0, 0.1) is 11.6 Å². The predicted molar refractivity (Wildman–Crippen MR) is 188 cm³/mol. The van der Waals surface area contributed by atoms with E-state index >= 15 is 0 Å². The molecule has 1 amide bonds. The molecule has 5 aromatic rings. The lowest BCUT2D eigenvalue weighted by molar-refractivity contribution is 0.0782. The Hall–Kier alpha value is -5.10. The number of methoxy groups -OCH3 is 3. The molecule has 0 radical (unpaired) electrons. The first-order valence-electron chi connectivity index (χ1n) is 16.7. The number of fused-ring (bicyclic) bond motifs is 1.